The summed E-state index contributed by atoms with van der Waals surface area (Å²) in [5.41, 5.74) is -5.73. The maximum atomic E-state index is 13.0. The molecule has 0 amide bonds. The van der Waals surface area contributed by atoms with Gasteiger partial charge in [-0.05, 0) is 42.2 Å². The van der Waals surface area contributed by atoms with E-state index in [0.717, 1.165) is 24.5 Å². The van der Waals surface area contributed by atoms with E-state index in [-0.39, 0.29) is 18.3 Å². The summed E-state index contributed by atoms with van der Waals surface area (Å²) in [5.74, 6) is -8.56. The van der Waals surface area contributed by atoms with Crippen LogP contribution in [0.5, 0.6) is 0 Å². The van der Waals surface area contributed by atoms with Gasteiger partial charge in [-0.3, -0.25) is 4.79 Å². The van der Waals surface area contributed by atoms with Crippen LogP contribution in [-0.2, 0) is 44.5 Å². The summed E-state index contributed by atoms with van der Waals surface area (Å²) in [6, 6.07) is 10.9. The molecule has 0 aromatic heterocycles. The minimum atomic E-state index is -3.63. The smallest absolute Gasteiger partial charge is 0.344 e. The lowest BCUT2D eigenvalue weighted by Gasteiger charge is -2.48. The maximum absolute atomic E-state index is 13.0. The Morgan fingerprint density at radius 1 is 1.12 bits per heavy atom. The van der Waals surface area contributed by atoms with Crippen LogP contribution in [0, 0.1) is 29.1 Å². The van der Waals surface area contributed by atoms with Crippen LogP contribution in [0.2, 0.25) is 0 Å². The van der Waals surface area contributed by atoms with Crippen LogP contribution in [0.15, 0.2) is 54.6 Å². The Hall–Kier alpha value is -4.09. The number of carboxylic acids is 2. The molecule has 1 aromatic carbocycles. The lowest BCUT2D eigenvalue weighted by atomic mass is 9.75. The van der Waals surface area contributed by atoms with Gasteiger partial charge in [-0.1, -0.05) is 77.1 Å². The van der Waals surface area contributed by atoms with Gasteiger partial charge in [0.1, 0.15) is 12.2 Å². The number of hydrogen-bond acceptors (Lipinski definition) is 11. The van der Waals surface area contributed by atoms with Crippen molar-refractivity contribution in [3.05, 3.63) is 60.2 Å². The van der Waals surface area contributed by atoms with Crippen LogP contribution in [-0.4, -0.2) is 85.7 Å². The number of allylic oxidation sites excluding steroid dienone is 1. The van der Waals surface area contributed by atoms with E-state index in [1.165, 1.54) is 19.1 Å². The second kappa shape index (κ2) is 15.4. The summed E-state index contributed by atoms with van der Waals surface area (Å²) in [4.78, 5) is 50.5. The fourth-order valence-electron chi connectivity index (χ4n) is 6.47. The van der Waals surface area contributed by atoms with Gasteiger partial charge in [-0.25, -0.2) is 14.4 Å². The summed E-state index contributed by atoms with van der Waals surface area (Å²) in [7, 11) is 0. The Labute approximate surface area is 279 Å². The van der Waals surface area contributed by atoms with E-state index in [9.17, 15) is 44.9 Å². The number of fused-ring (bicyclic) bond motifs is 2. The van der Waals surface area contributed by atoms with Crippen molar-refractivity contribution in [1.29, 1.82) is 5.26 Å². The molecule has 0 unspecified atom stereocenters. The molecule has 262 valence electrons. The van der Waals surface area contributed by atoms with Gasteiger partial charge in [0, 0.05) is 25.3 Å². The zero-order valence-electron chi connectivity index (χ0n) is 27.8. The van der Waals surface area contributed by atoms with Crippen molar-refractivity contribution in [3.8, 4) is 6.07 Å². The molecule has 13 heteroatoms. The van der Waals surface area contributed by atoms with Gasteiger partial charge in [0.15, 0.2) is 12.2 Å². The van der Waals surface area contributed by atoms with E-state index in [2.05, 4.69) is 6.58 Å². The van der Waals surface area contributed by atoms with Crippen molar-refractivity contribution in [2.24, 2.45) is 17.8 Å². The fraction of sp³-hybridized carbons (Fsp3) is 0.571. The number of aliphatic hydroxyl groups is 2. The highest BCUT2D eigenvalue weighted by atomic mass is 16.8. The molecule has 0 spiro atoms. The van der Waals surface area contributed by atoms with Crippen molar-refractivity contribution >= 4 is 23.9 Å². The summed E-state index contributed by atoms with van der Waals surface area (Å²) in [6.45, 7) is 13.0. The number of aliphatic carboxylic acids is 2. The van der Waals surface area contributed by atoms with E-state index in [1.807, 2.05) is 58.0 Å². The highest BCUT2D eigenvalue weighted by Gasteiger charge is 2.85. The number of aliphatic hydroxyl groups excluding tert-OH is 1. The van der Waals surface area contributed by atoms with Gasteiger partial charge in [0.25, 0.3) is 5.60 Å². The Morgan fingerprint density at radius 2 is 1.77 bits per heavy atom. The quantitative estimate of drug-likeness (QED) is 0.113. The van der Waals surface area contributed by atoms with E-state index >= 15 is 0 Å². The number of carboxylic acid groups (broad SMARTS) is 2. The number of nitrogens with zero attached hydrogens (tertiary/aromatic N) is 1. The highest BCUT2D eigenvalue weighted by Crippen LogP contribution is 2.55. The van der Waals surface area contributed by atoms with Crippen LogP contribution >= 0.6 is 0 Å². The predicted octanol–water partition coefficient (Wildman–Crippen LogP) is 3.32. The van der Waals surface area contributed by atoms with Gasteiger partial charge < -0.3 is 39.4 Å². The molecule has 0 radical (unpaired) electrons. The van der Waals surface area contributed by atoms with Gasteiger partial charge in [0.2, 0.25) is 11.4 Å². The molecule has 2 saturated heterocycles. The number of ether oxygens (including phenoxy) is 4. The van der Waals surface area contributed by atoms with Gasteiger partial charge >= 0.3 is 23.9 Å². The number of nitriles is 1. The van der Waals surface area contributed by atoms with Gasteiger partial charge in [-0.2, -0.15) is 5.26 Å². The summed E-state index contributed by atoms with van der Waals surface area (Å²) < 4.78 is 22.3. The first-order chi connectivity index (χ1) is 22.5. The minimum absolute atomic E-state index is 0.0843. The Bertz CT molecular complexity index is 1440. The number of benzene rings is 1. The van der Waals surface area contributed by atoms with Crippen LogP contribution < -0.4 is 0 Å². The van der Waals surface area contributed by atoms with Crippen molar-refractivity contribution in [3.63, 3.8) is 0 Å². The predicted molar refractivity (Wildman–Crippen MR) is 169 cm³/mol. The first-order valence-corrected chi connectivity index (χ1v) is 15.9. The van der Waals surface area contributed by atoms with Crippen molar-refractivity contribution < 1.29 is 58.6 Å². The van der Waals surface area contributed by atoms with Crippen LogP contribution in [0.25, 0.3) is 0 Å². The van der Waals surface area contributed by atoms with E-state index in [1.54, 1.807) is 0 Å². The first-order valence-electron chi connectivity index (χ1n) is 15.9. The van der Waals surface area contributed by atoms with Crippen molar-refractivity contribution in [2.45, 2.75) is 108 Å². The van der Waals surface area contributed by atoms with E-state index < -0.39 is 71.7 Å². The number of carbonyl (C=O) groups excluding carboxylic acids is 2. The van der Waals surface area contributed by atoms with Gasteiger partial charge in [-0.15, -0.1) is 0 Å². The molecule has 2 aliphatic rings. The third kappa shape index (κ3) is 7.47. The lowest BCUT2D eigenvalue weighted by molar-refractivity contribution is -0.369. The van der Waals surface area contributed by atoms with Crippen LogP contribution in [0.3, 0.4) is 0 Å². The monoisotopic (exact) mass is 671 g/mol. The molecule has 3 rings (SSSR count). The second-order valence-electron chi connectivity index (χ2n) is 12.9. The molecule has 2 bridgehead atoms. The molecule has 2 fully saturated rings. The third-order valence-corrected chi connectivity index (χ3v) is 9.18. The van der Waals surface area contributed by atoms with E-state index in [0.29, 0.717) is 17.9 Å². The normalized spacial score (nSPS) is 30.4. The molecule has 2 heterocycles. The minimum Gasteiger partial charge on any atom is -0.479 e. The zero-order chi connectivity index (χ0) is 36.0. The summed E-state index contributed by atoms with van der Waals surface area (Å²) >= 11 is 0. The number of carbonyl (C=O) groups is 4. The Kier molecular flexibility index (Phi) is 12.3. The first kappa shape index (κ1) is 38.4. The number of esters is 2. The largest absolute Gasteiger partial charge is 0.479 e. The highest BCUT2D eigenvalue weighted by molar-refractivity contribution is 5.94. The van der Waals surface area contributed by atoms with Crippen LogP contribution in [0.4, 0.5) is 0 Å². The van der Waals surface area contributed by atoms with Crippen molar-refractivity contribution in [1.82, 2.24) is 0 Å². The molecule has 0 aliphatic carbocycles. The van der Waals surface area contributed by atoms with Crippen LogP contribution in [0.1, 0.15) is 65.9 Å². The molecule has 0 saturated carbocycles. The number of hydrogen-bond donors (Lipinski definition) is 4. The summed E-state index contributed by atoms with van der Waals surface area (Å²) in [6.07, 6.45) is -3.72. The Morgan fingerprint density at radius 3 is 2.31 bits per heavy atom. The zero-order valence-corrected chi connectivity index (χ0v) is 27.8. The van der Waals surface area contributed by atoms with Crippen molar-refractivity contribution in [2.75, 3.05) is 0 Å². The molecule has 10 atom stereocenters. The molecule has 48 heavy (non-hydrogen) atoms. The average Bonchev–Trinajstić information content (AvgIpc) is 3.25. The summed E-state index contributed by atoms with van der Waals surface area (Å²) in [5, 5.41) is 53.4. The lowest BCUT2D eigenvalue weighted by Crippen LogP contribution is -2.76. The molecule has 13 nitrogen and oxygen atoms in total. The standard InChI is InChI=1S/C35H45NO12/c1-7-20(2)17-21(3)13-14-27(38)46-30-29(39)33(47-26(19-36)34(44,31(40)41)35(30,48-33)32(42)43)16-15-22(4)28(45-24(6)37)23(5)18-25-11-9-8-10-12-25/h8-14,20-21,23,26,28-30,39,44H,4,7,15-18H2,1-3,5-6H3,(H,40,41)(H,42,43)/b14-13+/t20-,21+,23+,26+,28+,29+,30+,33-,34+,35-/m0/s1. The second-order valence-corrected chi connectivity index (χ2v) is 12.9. The topological polar surface area (TPSA) is 210 Å². The SMILES string of the molecule is C=C(CC[C@]12O[C@H](C#N)[C@@](O)(C(=O)O)[C@](C(=O)O)(O1)[C@H](OC(=O)/C=C/[C@@H](C)C[C@@H](C)CC)[C@H]2O)[C@@H](OC(C)=O)[C@H](C)Cc1ccccc1. The molecule has 1 aromatic rings. The fourth-order valence-corrected chi connectivity index (χ4v) is 6.47. The Balaban J connectivity index is 1.98. The number of rotatable bonds is 16. The van der Waals surface area contributed by atoms with E-state index in [4.69, 9.17) is 18.9 Å². The molecular formula is C35H45NO12. The molecule has 4 N–H and O–H groups in total. The molecule has 2 aliphatic heterocycles. The van der Waals surface area contributed by atoms with Gasteiger partial charge in [0.05, 0.1) is 6.07 Å². The maximum Gasteiger partial charge on any atom is 0.344 e. The average molecular weight is 672 g/mol. The molecular weight excluding hydrogens is 626 g/mol. The third-order valence-electron chi connectivity index (χ3n) is 9.18.